The van der Waals surface area contributed by atoms with Gasteiger partial charge < -0.3 is 14.5 Å². The third-order valence-electron chi connectivity index (χ3n) is 6.36. The molecule has 0 unspecified atom stereocenters. The molecule has 2 aromatic heterocycles. The number of alkyl halides is 2. The summed E-state index contributed by atoms with van der Waals surface area (Å²) in [6.45, 7) is 2.66. The van der Waals surface area contributed by atoms with Crippen molar-refractivity contribution in [3.63, 3.8) is 0 Å². The van der Waals surface area contributed by atoms with Crippen molar-refractivity contribution < 1.29 is 18.3 Å². The highest BCUT2D eigenvalue weighted by Crippen LogP contribution is 2.31. The van der Waals surface area contributed by atoms with E-state index in [0.717, 1.165) is 5.69 Å². The molecule has 5 rings (SSSR count). The molecule has 12 heteroatoms. The first-order valence-corrected chi connectivity index (χ1v) is 11.6. The van der Waals surface area contributed by atoms with Crippen LogP contribution < -0.4 is 10.5 Å². The van der Waals surface area contributed by atoms with Crippen LogP contribution in [0.15, 0.2) is 35.3 Å². The lowest BCUT2D eigenvalue weighted by Crippen LogP contribution is -2.41. The second kappa shape index (κ2) is 9.74. The van der Waals surface area contributed by atoms with Gasteiger partial charge in [0, 0.05) is 49.4 Å². The van der Waals surface area contributed by atoms with Crippen LogP contribution in [-0.2, 0) is 24.2 Å². The number of nitrogens with one attached hydrogen (secondary N) is 1. The lowest BCUT2D eigenvalue weighted by Gasteiger charge is -2.30. The molecule has 3 aromatic rings. The van der Waals surface area contributed by atoms with E-state index < -0.39 is 12.0 Å². The number of halogens is 3. The highest BCUT2D eigenvalue weighted by molar-refractivity contribution is 6.33. The molecule has 0 saturated carbocycles. The van der Waals surface area contributed by atoms with Gasteiger partial charge in [-0.05, 0) is 5.56 Å². The monoisotopic (exact) mass is 504 g/mol. The Morgan fingerprint density at radius 2 is 1.97 bits per heavy atom. The van der Waals surface area contributed by atoms with E-state index in [2.05, 4.69) is 15.3 Å². The number of benzene rings is 1. The number of nitrogens with zero attached hydrogens (tertiary/aromatic N) is 5. The highest BCUT2D eigenvalue weighted by Gasteiger charge is 2.32. The predicted molar refractivity (Wildman–Crippen MR) is 124 cm³/mol. The number of carbonyl (C=O) groups is 1. The fraction of sp³-hybridized carbons (Fsp3) is 0.391. The van der Waals surface area contributed by atoms with E-state index in [1.165, 1.54) is 12.3 Å². The summed E-state index contributed by atoms with van der Waals surface area (Å²) in [5.74, 6) is -0.234. The molecule has 0 bridgehead atoms. The van der Waals surface area contributed by atoms with Crippen molar-refractivity contribution in [1.82, 2.24) is 24.9 Å². The molecule has 4 heterocycles. The van der Waals surface area contributed by atoms with Crippen LogP contribution in [0.5, 0.6) is 0 Å². The normalized spacial score (nSPS) is 16.0. The number of aromatic nitrogens is 4. The number of H-pyrrole nitrogens is 1. The standard InChI is InChI=1S/C23H23ClF2N6O3/c24-19-18(11-27-28-22(19)33)31-6-5-17-16(13-31)20(23(34)30-7-9-35-10-8-30)29-32(17)12-14-3-1-2-4-15(14)21(25)26/h1-4,11,21H,5-10,12-13H2,(H,28,33). The van der Waals surface area contributed by atoms with Gasteiger partial charge in [-0.15, -0.1) is 0 Å². The smallest absolute Gasteiger partial charge is 0.285 e. The number of fused-ring (bicyclic) bond motifs is 1. The van der Waals surface area contributed by atoms with Crippen molar-refractivity contribution in [2.24, 2.45) is 0 Å². The van der Waals surface area contributed by atoms with Crippen LogP contribution in [0.25, 0.3) is 0 Å². The summed E-state index contributed by atoms with van der Waals surface area (Å²) in [7, 11) is 0. The molecule has 0 atom stereocenters. The van der Waals surface area contributed by atoms with Crippen LogP contribution in [-0.4, -0.2) is 63.6 Å². The van der Waals surface area contributed by atoms with Crippen molar-refractivity contribution >= 4 is 23.2 Å². The van der Waals surface area contributed by atoms with E-state index in [1.54, 1.807) is 27.8 Å². The number of carbonyl (C=O) groups excluding carboxylic acids is 1. The van der Waals surface area contributed by atoms with Crippen molar-refractivity contribution in [3.05, 3.63) is 73.9 Å². The fourth-order valence-corrected chi connectivity index (χ4v) is 4.77. The third-order valence-corrected chi connectivity index (χ3v) is 6.73. The summed E-state index contributed by atoms with van der Waals surface area (Å²) in [5, 5.41) is 10.8. The van der Waals surface area contributed by atoms with Crippen LogP contribution in [0.1, 0.15) is 39.3 Å². The highest BCUT2D eigenvalue weighted by atomic mass is 35.5. The van der Waals surface area contributed by atoms with Gasteiger partial charge in [-0.25, -0.2) is 13.9 Å². The second-order valence-electron chi connectivity index (χ2n) is 8.41. The van der Waals surface area contributed by atoms with Gasteiger partial charge in [-0.3, -0.25) is 14.3 Å². The van der Waals surface area contributed by atoms with E-state index in [9.17, 15) is 18.4 Å². The number of amides is 1. The van der Waals surface area contributed by atoms with Gasteiger partial charge in [0.15, 0.2) is 5.69 Å². The molecular weight excluding hydrogens is 482 g/mol. The second-order valence-corrected chi connectivity index (χ2v) is 8.78. The van der Waals surface area contributed by atoms with Crippen LogP contribution in [0.4, 0.5) is 14.5 Å². The zero-order valence-corrected chi connectivity index (χ0v) is 19.5. The van der Waals surface area contributed by atoms with Crippen molar-refractivity contribution in [3.8, 4) is 0 Å². The van der Waals surface area contributed by atoms with Gasteiger partial charge in [0.1, 0.15) is 5.02 Å². The van der Waals surface area contributed by atoms with E-state index in [0.29, 0.717) is 56.1 Å². The number of hydrogen-bond acceptors (Lipinski definition) is 6. The van der Waals surface area contributed by atoms with Crippen LogP contribution >= 0.6 is 11.6 Å². The molecule has 1 saturated heterocycles. The van der Waals surface area contributed by atoms with Crippen molar-refractivity contribution in [1.29, 1.82) is 0 Å². The number of rotatable bonds is 5. The van der Waals surface area contributed by atoms with Crippen LogP contribution in [0.3, 0.4) is 0 Å². The van der Waals surface area contributed by atoms with Gasteiger partial charge in [0.25, 0.3) is 17.9 Å². The molecule has 0 spiro atoms. The molecule has 35 heavy (non-hydrogen) atoms. The van der Waals surface area contributed by atoms with E-state index in [1.807, 2.05) is 4.90 Å². The Balaban J connectivity index is 1.54. The minimum absolute atomic E-state index is 0.0164. The summed E-state index contributed by atoms with van der Waals surface area (Å²) in [6.07, 6.45) is -0.659. The molecule has 9 nitrogen and oxygen atoms in total. The largest absolute Gasteiger partial charge is 0.378 e. The summed E-state index contributed by atoms with van der Waals surface area (Å²) >= 11 is 6.23. The lowest BCUT2D eigenvalue weighted by molar-refractivity contribution is 0.0297. The van der Waals surface area contributed by atoms with Gasteiger partial charge in [0.05, 0.1) is 31.6 Å². The summed E-state index contributed by atoms with van der Waals surface area (Å²) in [6, 6.07) is 6.34. The maximum Gasteiger partial charge on any atom is 0.285 e. The minimum Gasteiger partial charge on any atom is -0.378 e. The van der Waals surface area contributed by atoms with E-state index >= 15 is 0 Å². The maximum atomic E-state index is 13.6. The number of ether oxygens (including phenoxy) is 1. The molecule has 2 aliphatic rings. The molecule has 184 valence electrons. The van der Waals surface area contributed by atoms with Gasteiger partial charge in [-0.2, -0.15) is 10.2 Å². The maximum absolute atomic E-state index is 13.6. The van der Waals surface area contributed by atoms with Crippen molar-refractivity contribution in [2.45, 2.75) is 25.9 Å². The first kappa shape index (κ1) is 23.4. The average Bonchev–Trinajstić information content (AvgIpc) is 3.23. The Morgan fingerprint density at radius 3 is 2.74 bits per heavy atom. The van der Waals surface area contributed by atoms with E-state index in [4.69, 9.17) is 16.3 Å². The molecule has 2 aliphatic heterocycles. The zero-order chi connectivity index (χ0) is 24.5. The quantitative estimate of drug-likeness (QED) is 0.574. The number of aromatic amines is 1. The first-order chi connectivity index (χ1) is 16.9. The molecule has 0 radical (unpaired) electrons. The fourth-order valence-electron chi connectivity index (χ4n) is 4.56. The molecule has 1 aromatic carbocycles. The first-order valence-electron chi connectivity index (χ1n) is 11.2. The summed E-state index contributed by atoms with van der Waals surface area (Å²) in [4.78, 5) is 29.0. The van der Waals surface area contributed by atoms with Gasteiger partial charge in [0.2, 0.25) is 0 Å². The third kappa shape index (κ3) is 4.53. The van der Waals surface area contributed by atoms with E-state index in [-0.39, 0.29) is 35.3 Å². The number of hydrogen-bond donors (Lipinski definition) is 1. The molecule has 0 aliphatic carbocycles. The SMILES string of the molecule is O=C(c1nn(Cc2ccccc2C(F)F)c2c1CN(c1cn[nH]c(=O)c1Cl)CC2)N1CCOCC1. The Labute approximate surface area is 204 Å². The molecule has 1 fully saturated rings. The van der Waals surface area contributed by atoms with Crippen LogP contribution in [0, 0.1) is 0 Å². The number of morpholine rings is 1. The number of anilines is 1. The lowest BCUT2D eigenvalue weighted by atomic mass is 10.0. The minimum atomic E-state index is -2.62. The summed E-state index contributed by atoms with van der Waals surface area (Å²) < 4.78 is 34.2. The zero-order valence-electron chi connectivity index (χ0n) is 18.7. The topological polar surface area (TPSA) is 96.3 Å². The Bertz CT molecular complexity index is 1300. The summed E-state index contributed by atoms with van der Waals surface area (Å²) in [5.41, 5.74) is 2.11. The average molecular weight is 505 g/mol. The van der Waals surface area contributed by atoms with Gasteiger partial charge >= 0.3 is 0 Å². The molecule has 1 amide bonds. The predicted octanol–water partition coefficient (Wildman–Crippen LogP) is 2.64. The Kier molecular flexibility index (Phi) is 6.52. The van der Waals surface area contributed by atoms with Crippen LogP contribution in [0.2, 0.25) is 5.02 Å². The Morgan fingerprint density at radius 1 is 1.20 bits per heavy atom. The van der Waals surface area contributed by atoms with Gasteiger partial charge in [-0.1, -0.05) is 35.9 Å². The Hall–Kier alpha value is -3.31. The molecular formula is C23H23ClF2N6O3. The molecule has 1 N–H and O–H groups in total. The van der Waals surface area contributed by atoms with Crippen molar-refractivity contribution in [2.75, 3.05) is 37.7 Å².